The van der Waals surface area contributed by atoms with E-state index < -0.39 is 86.8 Å². The Morgan fingerprint density at radius 1 is 0.444 bits per heavy atom. The van der Waals surface area contributed by atoms with Gasteiger partial charge in [0.15, 0.2) is 12.6 Å². The van der Waals surface area contributed by atoms with Crippen LogP contribution in [0.15, 0.2) is 0 Å². The minimum absolute atomic E-state index is 0.201. The average Bonchev–Trinajstić information content (AvgIpc) is 3.38. The molecule has 0 radical (unpaired) electrons. The van der Waals surface area contributed by atoms with Gasteiger partial charge in [0.05, 0.1) is 32.0 Å². The molecule has 0 aliphatic carbocycles. The fraction of sp³-hybridized carbons (Fsp3) is 0.983. The van der Waals surface area contributed by atoms with Gasteiger partial charge in [-0.05, 0) is 12.8 Å². The largest absolute Gasteiger partial charge is 0.394 e. The highest BCUT2D eigenvalue weighted by molar-refractivity contribution is 5.76. The van der Waals surface area contributed by atoms with Crippen LogP contribution in [0.25, 0.3) is 0 Å². The smallest absolute Gasteiger partial charge is 0.220 e. The maximum Gasteiger partial charge on any atom is 0.220 e. The maximum absolute atomic E-state index is 13.2. The summed E-state index contributed by atoms with van der Waals surface area (Å²) in [5.74, 6) is -0.201. The molecule has 4 unspecified atom stereocenters. The summed E-state index contributed by atoms with van der Waals surface area (Å²) in [6.45, 7) is 2.88. The summed E-state index contributed by atoms with van der Waals surface area (Å²) in [4.78, 5) is 13.2. The van der Waals surface area contributed by atoms with E-state index in [1.165, 1.54) is 193 Å². The summed E-state index contributed by atoms with van der Waals surface area (Å²) >= 11 is 0. The van der Waals surface area contributed by atoms with Gasteiger partial charge in [0.25, 0.3) is 0 Å². The van der Waals surface area contributed by atoms with Crippen molar-refractivity contribution in [1.29, 1.82) is 0 Å². The monoisotopic (exact) mass is 1030 g/mol. The molecule has 72 heavy (non-hydrogen) atoms. The molecule has 14 heteroatoms. The average molecular weight is 1030 g/mol. The van der Waals surface area contributed by atoms with Gasteiger partial charge in [0.2, 0.25) is 5.91 Å². The van der Waals surface area contributed by atoms with E-state index in [0.717, 1.165) is 51.4 Å². The Kier molecular flexibility index (Phi) is 42.0. The van der Waals surface area contributed by atoms with E-state index in [2.05, 4.69) is 19.2 Å². The first-order valence-corrected chi connectivity index (χ1v) is 30.3. The predicted octanol–water partition coefficient (Wildman–Crippen LogP) is 10.1. The van der Waals surface area contributed by atoms with Gasteiger partial charge in [-0.25, -0.2) is 0 Å². The Morgan fingerprint density at radius 3 is 1.18 bits per heavy atom. The van der Waals surface area contributed by atoms with Gasteiger partial charge in [-0.15, -0.1) is 0 Å². The van der Waals surface area contributed by atoms with E-state index in [1.54, 1.807) is 0 Å². The third-order valence-electron chi connectivity index (χ3n) is 15.3. The van der Waals surface area contributed by atoms with E-state index in [0.29, 0.717) is 12.8 Å². The van der Waals surface area contributed by atoms with Crippen molar-refractivity contribution in [2.24, 2.45) is 0 Å². The molecule has 0 saturated carbocycles. The summed E-state index contributed by atoms with van der Waals surface area (Å²) in [5, 5.41) is 87.1. The van der Waals surface area contributed by atoms with Crippen molar-refractivity contribution in [2.45, 2.75) is 344 Å². The number of nitrogens with one attached hydrogen (secondary N) is 1. The number of carbonyl (C=O) groups excluding carboxylic acids is 1. The zero-order valence-electron chi connectivity index (χ0n) is 46.0. The van der Waals surface area contributed by atoms with Crippen molar-refractivity contribution < 1.29 is 64.6 Å². The second-order valence-electron chi connectivity index (χ2n) is 21.8. The van der Waals surface area contributed by atoms with Gasteiger partial charge < -0.3 is 65.1 Å². The Hall–Kier alpha value is -1.01. The number of amides is 1. The molecule has 1 amide bonds. The second-order valence-corrected chi connectivity index (χ2v) is 21.8. The van der Waals surface area contributed by atoms with Gasteiger partial charge in [-0.3, -0.25) is 4.79 Å². The van der Waals surface area contributed by atoms with E-state index in [1.807, 2.05) is 0 Å². The molecule has 14 nitrogen and oxygen atoms in total. The minimum atomic E-state index is -1.78. The Balaban J connectivity index is 1.65. The van der Waals surface area contributed by atoms with Crippen molar-refractivity contribution >= 4 is 5.91 Å². The maximum atomic E-state index is 13.2. The number of rotatable bonds is 49. The number of aliphatic hydroxyl groups is 8. The van der Waals surface area contributed by atoms with Gasteiger partial charge in [0.1, 0.15) is 48.8 Å². The lowest BCUT2D eigenvalue weighted by Crippen LogP contribution is -2.65. The molecule has 9 N–H and O–H groups in total. The van der Waals surface area contributed by atoms with Crippen LogP contribution in [0.3, 0.4) is 0 Å². The molecule has 2 aliphatic rings. The SMILES string of the molecule is CCCCCCCCCCCCCCCCCCCCCCCCCCCCCC(=O)N[C@@H](CO[C@@H]1O[C@H](CO)[C@@H](O[C@@H]2O[C@H](CO)[C@H](O)C(O)C2O)C(O)C1O)[C@H](O)CCCCCCCCCCCCC. The summed E-state index contributed by atoms with van der Waals surface area (Å²) < 4.78 is 22.8. The third-order valence-corrected chi connectivity index (χ3v) is 15.3. The third kappa shape index (κ3) is 30.7. The molecule has 2 aliphatic heterocycles. The number of aliphatic hydroxyl groups excluding tert-OH is 8. The highest BCUT2D eigenvalue weighted by Crippen LogP contribution is 2.30. The van der Waals surface area contributed by atoms with E-state index >= 15 is 0 Å². The van der Waals surface area contributed by atoms with Crippen molar-refractivity contribution in [1.82, 2.24) is 5.32 Å². The molecule has 12 atom stereocenters. The lowest BCUT2D eigenvalue weighted by molar-refractivity contribution is -0.359. The minimum Gasteiger partial charge on any atom is -0.394 e. The number of hydrogen-bond donors (Lipinski definition) is 9. The lowest BCUT2D eigenvalue weighted by Gasteiger charge is -2.46. The summed E-state index contributed by atoms with van der Waals surface area (Å²) in [6.07, 6.45) is 32.7. The molecule has 2 saturated heterocycles. The Labute approximate surface area is 438 Å². The molecule has 0 aromatic rings. The first kappa shape index (κ1) is 67.1. The molecular weight excluding hydrogens is 919 g/mol. The quantitative estimate of drug-likeness (QED) is 0.0259. The van der Waals surface area contributed by atoms with Gasteiger partial charge in [0, 0.05) is 6.42 Å². The summed E-state index contributed by atoms with van der Waals surface area (Å²) in [5.41, 5.74) is 0. The van der Waals surface area contributed by atoms with Gasteiger partial charge >= 0.3 is 0 Å². The second kappa shape index (κ2) is 45.1. The number of unbranched alkanes of at least 4 members (excludes halogenated alkanes) is 36. The molecule has 0 aromatic carbocycles. The standard InChI is InChI=1S/C58H113NO13/c1-3-5-7-9-11-13-15-16-17-18-19-20-21-22-23-24-25-26-27-28-29-30-32-34-36-38-40-42-50(63)59-46(47(62)41-39-37-35-33-31-14-12-10-8-6-4-2)45-69-57-55(68)53(66)56(49(44-61)71-57)72-58-54(67)52(65)51(64)48(43-60)70-58/h46-49,51-58,60-62,64-68H,3-45H2,1-2H3,(H,59,63)/t46-,47+,48+,49+,51-,52?,53?,54?,55?,56+,57+,58-/m0/s1. The molecule has 0 aromatic heterocycles. The number of carbonyl (C=O) groups is 1. The Bertz CT molecular complexity index is 1220. The molecule has 2 fully saturated rings. The van der Waals surface area contributed by atoms with E-state index in [-0.39, 0.29) is 12.5 Å². The lowest BCUT2D eigenvalue weighted by atomic mass is 9.97. The van der Waals surface area contributed by atoms with Gasteiger partial charge in [-0.2, -0.15) is 0 Å². The normalized spacial score (nSPS) is 25.5. The van der Waals surface area contributed by atoms with Crippen molar-refractivity contribution in [2.75, 3.05) is 19.8 Å². The molecule has 0 bridgehead atoms. The topological polar surface area (TPSA) is 228 Å². The van der Waals surface area contributed by atoms with Crippen LogP contribution in [0.4, 0.5) is 0 Å². The summed E-state index contributed by atoms with van der Waals surface area (Å²) in [7, 11) is 0. The van der Waals surface area contributed by atoms with Crippen LogP contribution in [0.1, 0.15) is 271 Å². The zero-order valence-corrected chi connectivity index (χ0v) is 46.0. The van der Waals surface area contributed by atoms with Crippen LogP contribution in [0.5, 0.6) is 0 Å². The fourth-order valence-corrected chi connectivity index (χ4v) is 10.4. The summed E-state index contributed by atoms with van der Waals surface area (Å²) in [6, 6.07) is -0.821. The molecular formula is C58H113NO13. The zero-order chi connectivity index (χ0) is 52.4. The fourth-order valence-electron chi connectivity index (χ4n) is 10.4. The van der Waals surface area contributed by atoms with E-state index in [4.69, 9.17) is 18.9 Å². The van der Waals surface area contributed by atoms with Crippen LogP contribution in [0.2, 0.25) is 0 Å². The van der Waals surface area contributed by atoms with Crippen LogP contribution < -0.4 is 5.32 Å². The Morgan fingerprint density at radius 2 is 0.792 bits per heavy atom. The van der Waals surface area contributed by atoms with Crippen molar-refractivity contribution in [3.63, 3.8) is 0 Å². The molecule has 2 heterocycles. The highest BCUT2D eigenvalue weighted by Gasteiger charge is 2.51. The van der Waals surface area contributed by atoms with Crippen LogP contribution >= 0.6 is 0 Å². The first-order chi connectivity index (χ1) is 35.1. The van der Waals surface area contributed by atoms with Crippen LogP contribution in [-0.4, -0.2) is 140 Å². The van der Waals surface area contributed by atoms with Crippen molar-refractivity contribution in [3.8, 4) is 0 Å². The molecule has 0 spiro atoms. The van der Waals surface area contributed by atoms with E-state index in [9.17, 15) is 45.6 Å². The first-order valence-electron chi connectivity index (χ1n) is 30.3. The van der Waals surface area contributed by atoms with Gasteiger partial charge in [-0.1, -0.05) is 251 Å². The highest BCUT2D eigenvalue weighted by atomic mass is 16.7. The molecule has 2 rings (SSSR count). The number of ether oxygens (including phenoxy) is 4. The van der Waals surface area contributed by atoms with Crippen molar-refractivity contribution in [3.05, 3.63) is 0 Å². The number of hydrogen-bond acceptors (Lipinski definition) is 13. The molecule has 428 valence electrons. The predicted molar refractivity (Wildman–Crippen MR) is 286 cm³/mol. The van der Waals surface area contributed by atoms with Crippen LogP contribution in [-0.2, 0) is 23.7 Å². The van der Waals surface area contributed by atoms with Crippen LogP contribution in [0, 0.1) is 0 Å².